The molecular weight excluding hydrogens is 345 g/mol. The van der Waals surface area contributed by atoms with E-state index in [1.807, 2.05) is 11.8 Å². The number of halogens is 1. The lowest BCUT2D eigenvalue weighted by molar-refractivity contribution is -0.00871. The highest BCUT2D eigenvalue weighted by Gasteiger charge is 2.53. The fraction of sp³-hybridized carbons (Fsp3) is 0.619. The molecule has 5 heteroatoms. The SMILES string of the molecule is CN(C)C1CC2CCC3(Sc4ncnc5ccc(F)cc45)CC2CC1C3. The van der Waals surface area contributed by atoms with Crippen LogP contribution in [0.2, 0.25) is 0 Å². The van der Waals surface area contributed by atoms with Crippen LogP contribution in [-0.4, -0.2) is 39.8 Å². The van der Waals surface area contributed by atoms with E-state index in [4.69, 9.17) is 0 Å². The van der Waals surface area contributed by atoms with Crippen molar-refractivity contribution in [3.8, 4) is 0 Å². The Balaban J connectivity index is 1.50. The molecule has 3 aliphatic carbocycles. The van der Waals surface area contributed by atoms with Crippen LogP contribution in [0, 0.1) is 23.6 Å². The number of benzene rings is 1. The number of aromatic nitrogens is 2. The van der Waals surface area contributed by atoms with Gasteiger partial charge in [-0.05, 0) is 88.6 Å². The molecule has 0 aliphatic heterocycles. The number of hydrogen-bond acceptors (Lipinski definition) is 4. The minimum atomic E-state index is -0.205. The Hall–Kier alpha value is -1.20. The molecule has 26 heavy (non-hydrogen) atoms. The number of fused-ring (bicyclic) bond motifs is 3. The van der Waals surface area contributed by atoms with Crippen LogP contribution in [0.3, 0.4) is 0 Å². The third kappa shape index (κ3) is 2.75. The predicted molar refractivity (Wildman–Crippen MR) is 104 cm³/mol. The zero-order valence-corrected chi connectivity index (χ0v) is 16.3. The maximum absolute atomic E-state index is 13.8. The average Bonchev–Trinajstić information content (AvgIpc) is 2.60. The van der Waals surface area contributed by atoms with Gasteiger partial charge in [-0.25, -0.2) is 14.4 Å². The molecule has 0 saturated heterocycles. The molecule has 1 heterocycles. The van der Waals surface area contributed by atoms with Gasteiger partial charge >= 0.3 is 0 Å². The molecule has 3 nitrogen and oxygen atoms in total. The van der Waals surface area contributed by atoms with Crippen molar-refractivity contribution in [2.45, 2.75) is 54.3 Å². The molecule has 138 valence electrons. The molecule has 5 rings (SSSR count). The second-order valence-electron chi connectivity index (χ2n) is 8.85. The third-order valence-corrected chi connectivity index (χ3v) is 8.63. The highest BCUT2D eigenvalue weighted by atomic mass is 32.2. The van der Waals surface area contributed by atoms with Crippen molar-refractivity contribution in [3.05, 3.63) is 30.3 Å². The zero-order chi connectivity index (χ0) is 17.9. The monoisotopic (exact) mass is 371 g/mol. The van der Waals surface area contributed by atoms with Crippen molar-refractivity contribution >= 4 is 22.7 Å². The van der Waals surface area contributed by atoms with E-state index in [0.29, 0.717) is 0 Å². The lowest BCUT2D eigenvalue weighted by atomic mass is 9.55. The van der Waals surface area contributed by atoms with E-state index in [1.165, 1.54) is 44.6 Å². The van der Waals surface area contributed by atoms with E-state index in [2.05, 4.69) is 29.0 Å². The number of rotatable bonds is 3. The van der Waals surface area contributed by atoms with Gasteiger partial charge in [-0.2, -0.15) is 0 Å². The van der Waals surface area contributed by atoms with Crippen molar-refractivity contribution in [1.82, 2.24) is 14.9 Å². The first-order valence-electron chi connectivity index (χ1n) is 9.79. The summed E-state index contributed by atoms with van der Waals surface area (Å²) in [6.45, 7) is 0. The first kappa shape index (κ1) is 16.9. The second kappa shape index (κ2) is 6.16. The average molecular weight is 372 g/mol. The van der Waals surface area contributed by atoms with Crippen molar-refractivity contribution in [3.63, 3.8) is 0 Å². The van der Waals surface area contributed by atoms with Gasteiger partial charge < -0.3 is 4.90 Å². The Morgan fingerprint density at radius 2 is 1.96 bits per heavy atom. The fourth-order valence-electron chi connectivity index (χ4n) is 6.01. The quantitative estimate of drug-likeness (QED) is 0.728. The maximum Gasteiger partial charge on any atom is 0.124 e. The van der Waals surface area contributed by atoms with Crippen LogP contribution in [-0.2, 0) is 0 Å². The molecular formula is C21H26FN3S. The molecule has 2 aromatic rings. The van der Waals surface area contributed by atoms with Crippen molar-refractivity contribution < 1.29 is 4.39 Å². The maximum atomic E-state index is 13.8. The summed E-state index contributed by atoms with van der Waals surface area (Å²) in [6, 6.07) is 5.57. The van der Waals surface area contributed by atoms with Crippen LogP contribution in [0.1, 0.15) is 38.5 Å². The molecule has 0 N–H and O–H groups in total. The Kier molecular flexibility index (Phi) is 4.02. The van der Waals surface area contributed by atoms with Gasteiger partial charge in [-0.1, -0.05) is 11.8 Å². The highest BCUT2D eigenvalue weighted by Crippen LogP contribution is 2.60. The first-order valence-corrected chi connectivity index (χ1v) is 10.6. The van der Waals surface area contributed by atoms with Crippen molar-refractivity contribution in [1.29, 1.82) is 0 Å². The lowest BCUT2D eigenvalue weighted by Crippen LogP contribution is -2.54. The normalized spacial score (nSPS) is 36.0. The first-order chi connectivity index (χ1) is 12.5. The summed E-state index contributed by atoms with van der Waals surface area (Å²) in [5.74, 6) is 2.35. The Morgan fingerprint density at radius 1 is 1.12 bits per heavy atom. The van der Waals surface area contributed by atoms with Crippen LogP contribution in [0.5, 0.6) is 0 Å². The Bertz CT molecular complexity index is 841. The topological polar surface area (TPSA) is 29.0 Å². The zero-order valence-electron chi connectivity index (χ0n) is 15.5. The van der Waals surface area contributed by atoms with E-state index in [9.17, 15) is 4.39 Å². The van der Waals surface area contributed by atoms with Gasteiger partial charge in [0.1, 0.15) is 17.2 Å². The molecule has 1 aromatic heterocycles. The smallest absolute Gasteiger partial charge is 0.124 e. The minimum absolute atomic E-state index is 0.205. The molecule has 0 spiro atoms. The third-order valence-electron chi connectivity index (χ3n) is 7.14. The summed E-state index contributed by atoms with van der Waals surface area (Å²) in [5, 5.41) is 1.84. The van der Waals surface area contributed by atoms with E-state index in [-0.39, 0.29) is 10.6 Å². The molecule has 0 radical (unpaired) electrons. The summed E-state index contributed by atoms with van der Waals surface area (Å²) < 4.78 is 14.1. The van der Waals surface area contributed by atoms with Gasteiger partial charge in [-0.3, -0.25) is 0 Å². The minimum Gasteiger partial charge on any atom is -0.306 e. The molecule has 3 fully saturated rings. The van der Waals surface area contributed by atoms with E-state index in [1.54, 1.807) is 18.5 Å². The number of thioether (sulfide) groups is 1. The van der Waals surface area contributed by atoms with E-state index >= 15 is 0 Å². The van der Waals surface area contributed by atoms with Gasteiger partial charge in [0.25, 0.3) is 0 Å². The molecule has 5 atom stereocenters. The van der Waals surface area contributed by atoms with Crippen LogP contribution in [0.4, 0.5) is 4.39 Å². The molecule has 3 aliphatic rings. The molecule has 5 unspecified atom stereocenters. The van der Waals surface area contributed by atoms with Gasteiger partial charge in [-0.15, -0.1) is 0 Å². The number of hydrogen-bond donors (Lipinski definition) is 0. The lowest BCUT2D eigenvalue weighted by Gasteiger charge is -2.58. The summed E-state index contributed by atoms with van der Waals surface area (Å²) in [5.41, 5.74) is 0.844. The van der Waals surface area contributed by atoms with Crippen molar-refractivity contribution in [2.24, 2.45) is 17.8 Å². The molecule has 0 amide bonds. The fourth-order valence-corrected chi connectivity index (χ4v) is 7.60. The van der Waals surface area contributed by atoms with E-state index < -0.39 is 0 Å². The van der Waals surface area contributed by atoms with Gasteiger partial charge in [0.15, 0.2) is 0 Å². The van der Waals surface area contributed by atoms with Crippen LogP contribution >= 0.6 is 11.8 Å². The summed E-state index contributed by atoms with van der Waals surface area (Å²) in [7, 11) is 4.49. The van der Waals surface area contributed by atoms with Gasteiger partial charge in [0.05, 0.1) is 5.52 Å². The highest BCUT2D eigenvalue weighted by molar-refractivity contribution is 8.00. The van der Waals surface area contributed by atoms with Crippen LogP contribution in [0.15, 0.2) is 29.6 Å². The summed E-state index contributed by atoms with van der Waals surface area (Å²) in [6.07, 6.45) is 9.60. The summed E-state index contributed by atoms with van der Waals surface area (Å²) >= 11 is 1.92. The van der Waals surface area contributed by atoms with Gasteiger partial charge in [0, 0.05) is 16.2 Å². The second-order valence-corrected chi connectivity index (χ2v) is 10.3. The molecule has 3 saturated carbocycles. The molecule has 1 aromatic carbocycles. The number of nitrogens with zero attached hydrogens (tertiary/aromatic N) is 3. The summed E-state index contributed by atoms with van der Waals surface area (Å²) in [4.78, 5) is 11.4. The van der Waals surface area contributed by atoms with E-state index in [0.717, 1.165) is 39.7 Å². The van der Waals surface area contributed by atoms with Crippen LogP contribution in [0.25, 0.3) is 10.9 Å². The predicted octanol–water partition coefficient (Wildman–Crippen LogP) is 4.76. The van der Waals surface area contributed by atoms with Crippen molar-refractivity contribution in [2.75, 3.05) is 14.1 Å². The Morgan fingerprint density at radius 3 is 2.81 bits per heavy atom. The van der Waals surface area contributed by atoms with Crippen LogP contribution < -0.4 is 0 Å². The molecule has 3 bridgehead atoms. The van der Waals surface area contributed by atoms with Gasteiger partial charge in [0.2, 0.25) is 0 Å². The largest absolute Gasteiger partial charge is 0.306 e. The standard InChI is InChI=1S/C21H26FN3S/c1-25(2)19-8-13-5-6-21(10-14(13)7-15(19)11-21)26-20-17-9-16(22)3-4-18(17)23-12-24-20/h3-4,9,12-15,19H,5-8,10-11H2,1-2H3. The Labute approximate surface area is 158 Å².